The number of para-hydroxylation sites is 4. The molecule has 0 aliphatic rings. The highest BCUT2D eigenvalue weighted by atomic mass is 32.1. The fourth-order valence-corrected chi connectivity index (χ4v) is 7.99. The van der Waals surface area contributed by atoms with E-state index in [-0.39, 0.29) is 0 Å². The van der Waals surface area contributed by atoms with Crippen LogP contribution in [0, 0.1) is 0 Å². The monoisotopic (exact) mass is 574 g/mol. The molecular formula is C38H26N2S2. The Hall–Kier alpha value is -4.90. The zero-order valence-corrected chi connectivity index (χ0v) is 24.4. The summed E-state index contributed by atoms with van der Waals surface area (Å²) in [4.78, 5) is 4.71. The van der Waals surface area contributed by atoms with Gasteiger partial charge >= 0.3 is 0 Å². The molecule has 2 nitrogen and oxygen atoms in total. The summed E-state index contributed by atoms with van der Waals surface area (Å²) < 4.78 is 2.58. The molecule has 0 radical (unpaired) electrons. The van der Waals surface area contributed by atoms with Crippen LogP contribution in [0.3, 0.4) is 0 Å². The first-order chi connectivity index (χ1) is 20.8. The van der Waals surface area contributed by atoms with Crippen molar-refractivity contribution in [1.82, 2.24) is 0 Å². The molecule has 4 heteroatoms. The van der Waals surface area contributed by atoms with Gasteiger partial charge in [0.15, 0.2) is 0 Å². The second-order valence-corrected chi connectivity index (χ2v) is 12.4. The van der Waals surface area contributed by atoms with Gasteiger partial charge in [-0.3, -0.25) is 0 Å². The van der Waals surface area contributed by atoms with Gasteiger partial charge in [-0.05, 0) is 83.6 Å². The van der Waals surface area contributed by atoms with Crippen molar-refractivity contribution in [2.75, 3.05) is 9.80 Å². The molecule has 0 amide bonds. The van der Waals surface area contributed by atoms with E-state index in [9.17, 15) is 0 Å². The average Bonchev–Trinajstić information content (AvgIpc) is 3.68. The molecule has 0 saturated heterocycles. The molecule has 6 aromatic carbocycles. The van der Waals surface area contributed by atoms with Crippen molar-refractivity contribution in [3.8, 4) is 0 Å². The Labute approximate surface area is 253 Å². The summed E-state index contributed by atoms with van der Waals surface area (Å²) in [5, 5.41) is 7.59. The Balaban J connectivity index is 1.29. The summed E-state index contributed by atoms with van der Waals surface area (Å²) in [5.41, 5.74) is 4.63. The highest BCUT2D eigenvalue weighted by Crippen LogP contribution is 2.47. The van der Waals surface area contributed by atoms with Crippen LogP contribution in [0.2, 0.25) is 0 Å². The number of benzene rings is 6. The van der Waals surface area contributed by atoms with Gasteiger partial charge < -0.3 is 9.80 Å². The first-order valence-electron chi connectivity index (χ1n) is 14.0. The lowest BCUT2D eigenvalue weighted by Crippen LogP contribution is -2.07. The lowest BCUT2D eigenvalue weighted by atomic mass is 10.0. The van der Waals surface area contributed by atoms with Crippen LogP contribution in [-0.4, -0.2) is 0 Å². The van der Waals surface area contributed by atoms with Gasteiger partial charge in [0.2, 0.25) is 0 Å². The summed E-state index contributed by atoms with van der Waals surface area (Å²) in [5.74, 6) is 0. The summed E-state index contributed by atoms with van der Waals surface area (Å²) in [6.45, 7) is 0. The molecule has 8 aromatic rings. The molecular weight excluding hydrogens is 549 g/mol. The van der Waals surface area contributed by atoms with Crippen molar-refractivity contribution in [3.05, 3.63) is 158 Å². The average molecular weight is 575 g/mol. The summed E-state index contributed by atoms with van der Waals surface area (Å²) in [6, 6.07) is 56.5. The molecule has 0 bridgehead atoms. The number of hydrogen-bond acceptors (Lipinski definition) is 4. The van der Waals surface area contributed by atoms with E-state index in [1.807, 2.05) is 22.7 Å². The van der Waals surface area contributed by atoms with E-state index in [0.717, 1.165) is 22.7 Å². The largest absolute Gasteiger partial charge is 0.302 e. The van der Waals surface area contributed by atoms with E-state index in [0.29, 0.717) is 0 Å². The van der Waals surface area contributed by atoms with E-state index in [4.69, 9.17) is 0 Å². The highest BCUT2D eigenvalue weighted by molar-refractivity contribution is 7.23. The van der Waals surface area contributed by atoms with Crippen molar-refractivity contribution in [3.63, 3.8) is 0 Å². The Morgan fingerprint density at radius 1 is 0.310 bits per heavy atom. The zero-order chi connectivity index (χ0) is 27.9. The maximum Gasteiger partial charge on any atom is 0.101 e. The van der Waals surface area contributed by atoms with Crippen LogP contribution in [0.5, 0.6) is 0 Å². The van der Waals surface area contributed by atoms with Crippen molar-refractivity contribution >= 4 is 86.4 Å². The Morgan fingerprint density at radius 3 is 0.929 bits per heavy atom. The van der Waals surface area contributed by atoms with Crippen molar-refractivity contribution in [2.45, 2.75) is 0 Å². The third-order valence-electron chi connectivity index (χ3n) is 7.67. The second-order valence-electron chi connectivity index (χ2n) is 10.2. The smallest absolute Gasteiger partial charge is 0.101 e. The predicted octanol–water partition coefficient (Wildman–Crippen LogP) is 12.2. The fourth-order valence-electron chi connectivity index (χ4n) is 5.76. The first kappa shape index (κ1) is 24.9. The molecule has 2 heterocycles. The molecule has 0 atom stereocenters. The molecule has 8 rings (SSSR count). The quantitative estimate of drug-likeness (QED) is 0.195. The van der Waals surface area contributed by atoms with Gasteiger partial charge in [-0.2, -0.15) is 0 Å². The molecule has 2 aromatic heterocycles. The van der Waals surface area contributed by atoms with E-state index in [1.54, 1.807) is 0 Å². The third-order valence-corrected chi connectivity index (χ3v) is 9.84. The van der Waals surface area contributed by atoms with E-state index >= 15 is 0 Å². The Morgan fingerprint density at radius 2 is 0.619 bits per heavy atom. The number of rotatable bonds is 6. The van der Waals surface area contributed by atoms with Crippen LogP contribution in [0.4, 0.5) is 32.8 Å². The first-order valence-corrected chi connectivity index (χ1v) is 15.7. The Bertz CT molecular complexity index is 1900. The molecule has 0 spiro atoms. The minimum Gasteiger partial charge on any atom is -0.302 e. The minimum absolute atomic E-state index is 1.16. The second kappa shape index (κ2) is 10.5. The predicted molar refractivity (Wildman–Crippen MR) is 184 cm³/mol. The minimum atomic E-state index is 1.16. The highest BCUT2D eigenvalue weighted by Gasteiger charge is 2.19. The van der Waals surface area contributed by atoms with Gasteiger partial charge in [-0.25, -0.2) is 0 Å². The summed E-state index contributed by atoms with van der Waals surface area (Å²) >= 11 is 3.68. The van der Waals surface area contributed by atoms with Gasteiger partial charge in [-0.15, -0.1) is 22.7 Å². The zero-order valence-electron chi connectivity index (χ0n) is 22.7. The summed E-state index contributed by atoms with van der Waals surface area (Å²) in [6.07, 6.45) is 0. The number of hydrogen-bond donors (Lipinski definition) is 0. The maximum atomic E-state index is 2.36. The SMILES string of the molecule is c1ccc(N(c2ccccc2)c2cc3c(ccc4c5cc(N(c6ccccc6)c6ccccc6)sc5ccc34)s2)cc1. The van der Waals surface area contributed by atoms with Crippen LogP contribution >= 0.6 is 22.7 Å². The molecule has 0 N–H and O–H groups in total. The van der Waals surface area contributed by atoms with E-state index < -0.39 is 0 Å². The molecule has 0 unspecified atom stereocenters. The molecule has 0 aliphatic carbocycles. The lowest BCUT2D eigenvalue weighted by Gasteiger charge is -2.23. The summed E-state index contributed by atoms with van der Waals surface area (Å²) in [7, 11) is 0. The molecule has 0 aliphatic heterocycles. The molecule has 200 valence electrons. The normalized spacial score (nSPS) is 11.3. The van der Waals surface area contributed by atoms with Gasteiger partial charge in [0.25, 0.3) is 0 Å². The topological polar surface area (TPSA) is 6.48 Å². The Kier molecular flexibility index (Phi) is 6.21. The van der Waals surface area contributed by atoms with Crippen LogP contribution in [0.25, 0.3) is 30.9 Å². The van der Waals surface area contributed by atoms with Gasteiger partial charge in [0.1, 0.15) is 10.0 Å². The molecule has 42 heavy (non-hydrogen) atoms. The lowest BCUT2D eigenvalue weighted by molar-refractivity contribution is 1.32. The van der Waals surface area contributed by atoms with Crippen molar-refractivity contribution < 1.29 is 0 Å². The maximum absolute atomic E-state index is 2.36. The fraction of sp³-hybridized carbons (Fsp3) is 0. The number of thiophene rings is 2. The van der Waals surface area contributed by atoms with Crippen LogP contribution in [-0.2, 0) is 0 Å². The van der Waals surface area contributed by atoms with E-state index in [2.05, 4.69) is 168 Å². The van der Waals surface area contributed by atoms with Gasteiger partial charge in [0.05, 0.1) is 0 Å². The van der Waals surface area contributed by atoms with Crippen molar-refractivity contribution in [1.29, 1.82) is 0 Å². The molecule has 0 saturated carbocycles. The number of nitrogens with zero attached hydrogens (tertiary/aromatic N) is 2. The van der Waals surface area contributed by atoms with Crippen molar-refractivity contribution in [2.24, 2.45) is 0 Å². The van der Waals surface area contributed by atoms with Crippen LogP contribution in [0.1, 0.15) is 0 Å². The van der Waals surface area contributed by atoms with Gasteiger partial charge in [0, 0.05) is 42.9 Å². The number of anilines is 6. The third kappa shape index (κ3) is 4.33. The van der Waals surface area contributed by atoms with Crippen LogP contribution in [0.15, 0.2) is 158 Å². The molecule has 0 fully saturated rings. The number of fused-ring (bicyclic) bond motifs is 5. The van der Waals surface area contributed by atoms with E-state index in [1.165, 1.54) is 40.9 Å². The van der Waals surface area contributed by atoms with Gasteiger partial charge in [-0.1, -0.05) is 84.9 Å². The standard InChI is InChI=1S/C38H26N2S2/c1-5-13-27(14-6-1)39(28-15-7-2-8-16-28)37-25-33-31-22-24-36-34(32(31)21-23-35(33)41-37)26-38(42-36)40(29-17-9-3-10-18-29)30-19-11-4-12-20-30/h1-26H. The van der Waals surface area contributed by atoms with Crippen LogP contribution < -0.4 is 9.80 Å².